The average Bonchev–Trinajstić information content (AvgIpc) is 3.14. The highest BCUT2D eigenvalue weighted by molar-refractivity contribution is 6.51. The molecule has 10 heteroatoms. The average molecular weight is 459 g/mol. The Morgan fingerprint density at radius 2 is 1.76 bits per heavy atom. The number of Topliss-reactive ketones (excluding diaryl/α,β-unsaturated/α-hetero) is 1. The van der Waals surface area contributed by atoms with E-state index < -0.39 is 28.4 Å². The first kappa shape index (κ1) is 21.1. The number of pyridine rings is 1. The topological polar surface area (TPSA) is 132 Å². The van der Waals surface area contributed by atoms with Crippen molar-refractivity contribution in [3.63, 3.8) is 0 Å². The van der Waals surface area contributed by atoms with Crippen molar-refractivity contribution in [3.8, 4) is 11.5 Å². The van der Waals surface area contributed by atoms with Gasteiger partial charge < -0.3 is 14.6 Å². The van der Waals surface area contributed by atoms with E-state index >= 15 is 0 Å². The first-order valence-electron chi connectivity index (χ1n) is 10.3. The summed E-state index contributed by atoms with van der Waals surface area (Å²) in [6.07, 6.45) is 1.47. The van der Waals surface area contributed by atoms with Gasteiger partial charge in [-0.15, -0.1) is 0 Å². The highest BCUT2D eigenvalue weighted by Gasteiger charge is 2.47. The van der Waals surface area contributed by atoms with Crippen LogP contribution in [-0.4, -0.2) is 39.9 Å². The van der Waals surface area contributed by atoms with Crippen molar-refractivity contribution in [2.45, 2.75) is 6.04 Å². The molecule has 5 rings (SSSR count). The largest absolute Gasteiger partial charge is 0.507 e. The summed E-state index contributed by atoms with van der Waals surface area (Å²) in [5, 5.41) is 22.3. The second-order valence-corrected chi connectivity index (χ2v) is 7.56. The molecule has 3 heterocycles. The SMILES string of the molecule is O=C1C(=O)N(c2ccccn2)C(c2ccc([N+](=O)[O-])cc2)C1=C(O)c1ccc2c(c1)OCCO2. The number of non-ortho nitro benzene ring substituents is 1. The Morgan fingerprint density at radius 3 is 2.44 bits per heavy atom. The van der Waals surface area contributed by atoms with E-state index in [2.05, 4.69) is 4.98 Å². The molecular formula is C24H17N3O7. The summed E-state index contributed by atoms with van der Waals surface area (Å²) < 4.78 is 11.1. The van der Waals surface area contributed by atoms with Crippen LogP contribution in [0.25, 0.3) is 5.76 Å². The molecule has 10 nitrogen and oxygen atoms in total. The number of benzene rings is 2. The van der Waals surface area contributed by atoms with Crippen LogP contribution in [0.1, 0.15) is 17.2 Å². The second kappa shape index (κ2) is 8.32. The lowest BCUT2D eigenvalue weighted by atomic mass is 9.95. The first-order chi connectivity index (χ1) is 16.5. The molecule has 2 aliphatic heterocycles. The highest BCUT2D eigenvalue weighted by atomic mass is 16.6. The Kier molecular flexibility index (Phi) is 5.17. The van der Waals surface area contributed by atoms with Gasteiger partial charge >= 0.3 is 5.91 Å². The minimum atomic E-state index is -1.05. The van der Waals surface area contributed by atoms with E-state index in [9.17, 15) is 24.8 Å². The van der Waals surface area contributed by atoms with Crippen molar-refractivity contribution in [1.82, 2.24) is 4.98 Å². The number of carbonyl (C=O) groups is 2. The molecule has 0 radical (unpaired) electrons. The lowest BCUT2D eigenvalue weighted by Gasteiger charge is -2.24. The number of amides is 1. The molecule has 2 aromatic carbocycles. The van der Waals surface area contributed by atoms with Crippen molar-refractivity contribution < 1.29 is 29.1 Å². The molecule has 1 aromatic heterocycles. The fourth-order valence-electron chi connectivity index (χ4n) is 4.00. The van der Waals surface area contributed by atoms with Crippen LogP contribution < -0.4 is 14.4 Å². The molecule has 0 spiro atoms. The molecule has 1 N–H and O–H groups in total. The Balaban J connectivity index is 1.68. The van der Waals surface area contributed by atoms with Crippen LogP contribution in [0.3, 0.4) is 0 Å². The molecule has 0 aliphatic carbocycles. The van der Waals surface area contributed by atoms with Crippen molar-refractivity contribution >= 4 is 29.0 Å². The summed E-state index contributed by atoms with van der Waals surface area (Å²) >= 11 is 0. The number of nitrogens with zero attached hydrogens (tertiary/aromatic N) is 3. The van der Waals surface area contributed by atoms with E-state index in [1.165, 1.54) is 41.4 Å². The number of aliphatic hydroxyl groups excluding tert-OH is 1. The molecule has 1 saturated heterocycles. The van der Waals surface area contributed by atoms with Gasteiger partial charge in [0.15, 0.2) is 11.5 Å². The smallest absolute Gasteiger partial charge is 0.301 e. The van der Waals surface area contributed by atoms with Gasteiger partial charge in [-0.3, -0.25) is 24.6 Å². The summed E-state index contributed by atoms with van der Waals surface area (Å²) in [7, 11) is 0. The third-order valence-corrected chi connectivity index (χ3v) is 5.58. The normalized spacial score (nSPS) is 18.7. The van der Waals surface area contributed by atoms with Crippen LogP contribution in [0.5, 0.6) is 11.5 Å². The zero-order valence-corrected chi connectivity index (χ0v) is 17.6. The monoisotopic (exact) mass is 459 g/mol. The molecule has 2 aliphatic rings. The second-order valence-electron chi connectivity index (χ2n) is 7.56. The van der Waals surface area contributed by atoms with E-state index in [1.807, 2.05) is 0 Å². The standard InChI is InChI=1S/C24H17N3O7/c28-22(15-6-9-17-18(13-15)34-12-11-33-17)20-21(14-4-7-16(8-5-14)27(31)32)26(24(30)23(20)29)19-3-1-2-10-25-19/h1-10,13,21,28H,11-12H2. The van der Waals surface area contributed by atoms with Crippen LogP contribution in [0, 0.1) is 10.1 Å². The maximum absolute atomic E-state index is 13.2. The number of aliphatic hydroxyl groups is 1. The third kappa shape index (κ3) is 3.51. The molecular weight excluding hydrogens is 442 g/mol. The molecule has 1 fully saturated rings. The number of aromatic nitrogens is 1. The molecule has 1 atom stereocenters. The number of fused-ring (bicyclic) bond motifs is 1. The van der Waals surface area contributed by atoms with Gasteiger partial charge in [-0.1, -0.05) is 6.07 Å². The number of hydrogen-bond acceptors (Lipinski definition) is 8. The maximum Gasteiger partial charge on any atom is 0.301 e. The Hall–Kier alpha value is -4.73. The quantitative estimate of drug-likeness (QED) is 0.206. The van der Waals surface area contributed by atoms with Gasteiger partial charge in [0.05, 0.1) is 16.5 Å². The minimum absolute atomic E-state index is 0.148. The third-order valence-electron chi connectivity index (χ3n) is 5.58. The fraction of sp³-hybridized carbons (Fsp3) is 0.125. The summed E-state index contributed by atoms with van der Waals surface area (Å²) in [4.78, 5) is 42.2. The number of ether oxygens (including phenoxy) is 2. The van der Waals surface area contributed by atoms with E-state index in [1.54, 1.807) is 30.3 Å². The van der Waals surface area contributed by atoms with Crippen LogP contribution in [0.4, 0.5) is 11.5 Å². The molecule has 0 bridgehead atoms. The first-order valence-corrected chi connectivity index (χ1v) is 10.3. The Bertz CT molecular complexity index is 1340. The Labute approximate surface area is 192 Å². The van der Waals surface area contributed by atoms with E-state index in [-0.39, 0.29) is 22.6 Å². The van der Waals surface area contributed by atoms with Gasteiger partial charge in [0.25, 0.3) is 11.5 Å². The van der Waals surface area contributed by atoms with Crippen LogP contribution in [0.15, 0.2) is 72.4 Å². The number of ketones is 1. The van der Waals surface area contributed by atoms with Crippen molar-refractivity contribution in [3.05, 3.63) is 93.7 Å². The van der Waals surface area contributed by atoms with E-state index in [4.69, 9.17) is 9.47 Å². The summed E-state index contributed by atoms with van der Waals surface area (Å²) in [5.41, 5.74) is 0.344. The Morgan fingerprint density at radius 1 is 1.03 bits per heavy atom. The van der Waals surface area contributed by atoms with Gasteiger partial charge in [-0.05, 0) is 48.0 Å². The number of anilines is 1. The molecule has 1 unspecified atom stereocenters. The van der Waals surface area contributed by atoms with E-state index in [0.29, 0.717) is 30.3 Å². The number of rotatable bonds is 4. The molecule has 1 amide bonds. The van der Waals surface area contributed by atoms with Crippen molar-refractivity contribution in [1.29, 1.82) is 0 Å². The van der Waals surface area contributed by atoms with Gasteiger partial charge in [0.1, 0.15) is 24.8 Å². The predicted octanol–water partition coefficient (Wildman–Crippen LogP) is 3.39. The summed E-state index contributed by atoms with van der Waals surface area (Å²) in [6, 6.07) is 14.0. The summed E-state index contributed by atoms with van der Waals surface area (Å²) in [5.74, 6) is -1.07. The van der Waals surface area contributed by atoms with Gasteiger partial charge in [-0.2, -0.15) is 0 Å². The van der Waals surface area contributed by atoms with Crippen LogP contribution in [-0.2, 0) is 9.59 Å². The fourth-order valence-corrected chi connectivity index (χ4v) is 4.00. The maximum atomic E-state index is 13.2. The van der Waals surface area contributed by atoms with Crippen LogP contribution >= 0.6 is 0 Å². The lowest BCUT2D eigenvalue weighted by molar-refractivity contribution is -0.384. The number of nitro groups is 1. The minimum Gasteiger partial charge on any atom is -0.507 e. The molecule has 170 valence electrons. The lowest BCUT2D eigenvalue weighted by Crippen LogP contribution is -2.30. The molecule has 3 aromatic rings. The number of nitro benzene ring substituents is 1. The summed E-state index contributed by atoms with van der Waals surface area (Å²) in [6.45, 7) is 0.734. The molecule has 34 heavy (non-hydrogen) atoms. The van der Waals surface area contributed by atoms with E-state index in [0.717, 1.165) is 0 Å². The molecule has 0 saturated carbocycles. The van der Waals surface area contributed by atoms with Gasteiger partial charge in [0, 0.05) is 23.9 Å². The van der Waals surface area contributed by atoms with Gasteiger partial charge in [0.2, 0.25) is 0 Å². The zero-order chi connectivity index (χ0) is 23.8. The number of carbonyl (C=O) groups excluding carboxylic acids is 2. The van der Waals surface area contributed by atoms with Crippen molar-refractivity contribution in [2.24, 2.45) is 0 Å². The number of hydrogen-bond donors (Lipinski definition) is 1. The van der Waals surface area contributed by atoms with Crippen molar-refractivity contribution in [2.75, 3.05) is 18.1 Å². The zero-order valence-electron chi connectivity index (χ0n) is 17.6. The highest BCUT2D eigenvalue weighted by Crippen LogP contribution is 2.43. The van der Waals surface area contributed by atoms with Gasteiger partial charge in [-0.25, -0.2) is 4.98 Å². The van der Waals surface area contributed by atoms with Crippen LogP contribution in [0.2, 0.25) is 0 Å². The predicted molar refractivity (Wildman–Crippen MR) is 120 cm³/mol.